The second kappa shape index (κ2) is 3.65. The highest BCUT2D eigenvalue weighted by atomic mass is 16.8. The molecule has 0 bridgehead atoms. The van der Waals surface area contributed by atoms with Crippen molar-refractivity contribution in [2.45, 2.75) is 50.3 Å². The highest BCUT2D eigenvalue weighted by molar-refractivity contribution is 4.95. The van der Waals surface area contributed by atoms with Crippen LogP contribution in [0.5, 0.6) is 0 Å². The predicted octanol–water partition coefficient (Wildman–Crippen LogP) is -1.42. The molecule has 2 heterocycles. The standard InChI is InChI=1S/C9H16O6/c1-9(2)14-7-5(12)6(4(11)3-10)13-8(7)15-9/h4-8,10-12H,3H2,1-2H3/t4-,5?,6+,7-,8+/m0/s1. The number of hydrogen-bond donors (Lipinski definition) is 3. The lowest BCUT2D eigenvalue weighted by Crippen LogP contribution is -2.42. The molecule has 2 aliphatic rings. The summed E-state index contributed by atoms with van der Waals surface area (Å²) >= 11 is 0. The van der Waals surface area contributed by atoms with E-state index in [2.05, 4.69) is 0 Å². The Morgan fingerprint density at radius 3 is 2.53 bits per heavy atom. The van der Waals surface area contributed by atoms with E-state index in [9.17, 15) is 10.2 Å². The second-order valence-electron chi connectivity index (χ2n) is 4.31. The molecule has 2 saturated heterocycles. The molecule has 5 atom stereocenters. The molecule has 88 valence electrons. The van der Waals surface area contributed by atoms with Crippen molar-refractivity contribution in [3.8, 4) is 0 Å². The second-order valence-corrected chi connectivity index (χ2v) is 4.31. The molecule has 0 amide bonds. The highest BCUT2D eigenvalue weighted by Gasteiger charge is 2.55. The minimum Gasteiger partial charge on any atom is -0.394 e. The van der Waals surface area contributed by atoms with Crippen molar-refractivity contribution in [2.24, 2.45) is 0 Å². The molecule has 1 unspecified atom stereocenters. The van der Waals surface area contributed by atoms with E-state index in [1.165, 1.54) is 0 Å². The summed E-state index contributed by atoms with van der Waals surface area (Å²) < 4.78 is 16.1. The first-order valence-corrected chi connectivity index (χ1v) is 4.93. The number of aliphatic hydroxyl groups excluding tert-OH is 3. The van der Waals surface area contributed by atoms with Gasteiger partial charge in [-0.25, -0.2) is 0 Å². The Morgan fingerprint density at radius 2 is 2.00 bits per heavy atom. The minimum absolute atomic E-state index is 0.468. The molecule has 2 rings (SSSR count). The van der Waals surface area contributed by atoms with Gasteiger partial charge in [-0.1, -0.05) is 0 Å². The van der Waals surface area contributed by atoms with Gasteiger partial charge in [0.15, 0.2) is 12.1 Å². The summed E-state index contributed by atoms with van der Waals surface area (Å²) in [4.78, 5) is 0. The molecule has 6 heteroatoms. The molecule has 15 heavy (non-hydrogen) atoms. The number of rotatable bonds is 2. The van der Waals surface area contributed by atoms with Gasteiger partial charge < -0.3 is 29.5 Å². The van der Waals surface area contributed by atoms with Crippen LogP contribution >= 0.6 is 0 Å². The summed E-state index contributed by atoms with van der Waals surface area (Å²) in [7, 11) is 0. The molecule has 0 spiro atoms. The van der Waals surface area contributed by atoms with Crippen LogP contribution in [0.1, 0.15) is 13.8 Å². The van der Waals surface area contributed by atoms with Crippen molar-refractivity contribution in [2.75, 3.05) is 6.61 Å². The van der Waals surface area contributed by atoms with Crippen LogP contribution in [-0.4, -0.2) is 58.4 Å². The van der Waals surface area contributed by atoms with Gasteiger partial charge in [-0.05, 0) is 13.8 Å². The first-order chi connectivity index (χ1) is 6.94. The monoisotopic (exact) mass is 220 g/mol. The fourth-order valence-electron chi connectivity index (χ4n) is 1.94. The fourth-order valence-corrected chi connectivity index (χ4v) is 1.94. The minimum atomic E-state index is -1.12. The van der Waals surface area contributed by atoms with Crippen LogP contribution in [0.4, 0.5) is 0 Å². The summed E-state index contributed by atoms with van der Waals surface area (Å²) in [6.07, 6.45) is -4.26. The van der Waals surface area contributed by atoms with Crippen molar-refractivity contribution in [3.63, 3.8) is 0 Å². The summed E-state index contributed by atoms with van der Waals surface area (Å²) in [5, 5.41) is 27.9. The average Bonchev–Trinajstić information content (AvgIpc) is 2.60. The molecule has 2 aliphatic heterocycles. The van der Waals surface area contributed by atoms with Gasteiger partial charge in [0.25, 0.3) is 0 Å². The summed E-state index contributed by atoms with van der Waals surface area (Å²) in [5.41, 5.74) is 0. The molecule has 6 nitrogen and oxygen atoms in total. The Balaban J connectivity index is 2.05. The lowest BCUT2D eigenvalue weighted by Gasteiger charge is -2.24. The number of ether oxygens (including phenoxy) is 3. The molecular formula is C9H16O6. The molecule has 0 radical (unpaired) electrons. The topological polar surface area (TPSA) is 88.4 Å². The third-order valence-corrected chi connectivity index (χ3v) is 2.62. The SMILES string of the molecule is CC1(C)O[C@H]2O[C@H]([C@@H](O)CO)C(O)[C@@H]2O1. The maximum absolute atomic E-state index is 9.79. The molecule has 2 fully saturated rings. The van der Waals surface area contributed by atoms with Crippen molar-refractivity contribution >= 4 is 0 Å². The normalized spacial score (nSPS) is 45.4. The molecule has 0 aromatic heterocycles. The van der Waals surface area contributed by atoms with Gasteiger partial charge in [0, 0.05) is 0 Å². The maximum Gasteiger partial charge on any atom is 0.190 e. The molecule has 0 aromatic carbocycles. The molecule has 3 N–H and O–H groups in total. The average molecular weight is 220 g/mol. The molecule has 0 aromatic rings. The van der Waals surface area contributed by atoms with E-state index in [-0.39, 0.29) is 0 Å². The van der Waals surface area contributed by atoms with Gasteiger partial charge in [-0.2, -0.15) is 0 Å². The van der Waals surface area contributed by atoms with Gasteiger partial charge >= 0.3 is 0 Å². The van der Waals surface area contributed by atoms with Gasteiger partial charge in [0.1, 0.15) is 24.4 Å². The van der Waals surface area contributed by atoms with Crippen molar-refractivity contribution in [1.82, 2.24) is 0 Å². The maximum atomic E-state index is 9.79. The van der Waals surface area contributed by atoms with E-state index < -0.39 is 43.1 Å². The van der Waals surface area contributed by atoms with Gasteiger partial charge in [-0.3, -0.25) is 0 Å². The van der Waals surface area contributed by atoms with Gasteiger partial charge in [0.05, 0.1) is 6.61 Å². The lowest BCUT2D eigenvalue weighted by molar-refractivity contribution is -0.227. The fraction of sp³-hybridized carbons (Fsp3) is 1.00. The summed E-state index contributed by atoms with van der Waals surface area (Å²) in [5.74, 6) is -0.786. The van der Waals surface area contributed by atoms with Gasteiger partial charge in [0.2, 0.25) is 0 Å². The molecular weight excluding hydrogens is 204 g/mol. The lowest BCUT2D eigenvalue weighted by atomic mass is 10.1. The largest absolute Gasteiger partial charge is 0.394 e. The summed E-state index contributed by atoms with van der Waals surface area (Å²) in [6, 6.07) is 0. The van der Waals surface area contributed by atoms with Crippen molar-refractivity contribution < 1.29 is 29.5 Å². The number of fused-ring (bicyclic) bond motifs is 1. The third kappa shape index (κ3) is 1.89. The Kier molecular flexibility index (Phi) is 2.74. The van der Waals surface area contributed by atoms with Crippen LogP contribution in [0.25, 0.3) is 0 Å². The Bertz CT molecular complexity index is 243. The Hall–Kier alpha value is -0.240. The van der Waals surface area contributed by atoms with Crippen LogP contribution in [0.15, 0.2) is 0 Å². The molecule has 0 saturated carbocycles. The van der Waals surface area contributed by atoms with Crippen LogP contribution in [-0.2, 0) is 14.2 Å². The van der Waals surface area contributed by atoms with E-state index in [0.717, 1.165) is 0 Å². The Morgan fingerprint density at radius 1 is 1.33 bits per heavy atom. The summed E-state index contributed by atoms with van der Waals surface area (Å²) in [6.45, 7) is 2.97. The predicted molar refractivity (Wildman–Crippen MR) is 47.8 cm³/mol. The first kappa shape index (κ1) is 11.3. The zero-order valence-electron chi connectivity index (χ0n) is 8.66. The number of hydrogen-bond acceptors (Lipinski definition) is 6. The van der Waals surface area contributed by atoms with Gasteiger partial charge in [-0.15, -0.1) is 0 Å². The zero-order chi connectivity index (χ0) is 11.2. The number of aliphatic hydroxyl groups is 3. The van der Waals surface area contributed by atoms with E-state index in [1.54, 1.807) is 13.8 Å². The van der Waals surface area contributed by atoms with E-state index in [1.807, 2.05) is 0 Å². The zero-order valence-corrected chi connectivity index (χ0v) is 8.66. The van der Waals surface area contributed by atoms with Crippen LogP contribution in [0.2, 0.25) is 0 Å². The van der Waals surface area contributed by atoms with E-state index in [4.69, 9.17) is 19.3 Å². The van der Waals surface area contributed by atoms with Crippen LogP contribution in [0, 0.1) is 0 Å². The highest BCUT2D eigenvalue weighted by Crippen LogP contribution is 2.38. The van der Waals surface area contributed by atoms with E-state index in [0.29, 0.717) is 0 Å². The van der Waals surface area contributed by atoms with E-state index >= 15 is 0 Å². The molecule has 0 aliphatic carbocycles. The Labute approximate surface area is 87.4 Å². The first-order valence-electron chi connectivity index (χ1n) is 4.93. The van der Waals surface area contributed by atoms with Crippen molar-refractivity contribution in [1.29, 1.82) is 0 Å². The van der Waals surface area contributed by atoms with Crippen molar-refractivity contribution in [3.05, 3.63) is 0 Å². The quantitative estimate of drug-likeness (QED) is 0.529. The van der Waals surface area contributed by atoms with Crippen LogP contribution in [0.3, 0.4) is 0 Å². The smallest absolute Gasteiger partial charge is 0.190 e. The third-order valence-electron chi connectivity index (χ3n) is 2.62. The van der Waals surface area contributed by atoms with Crippen LogP contribution < -0.4 is 0 Å².